The van der Waals surface area contributed by atoms with Gasteiger partial charge >= 0.3 is 0 Å². The van der Waals surface area contributed by atoms with Crippen LogP contribution < -0.4 is 0 Å². The molecule has 4 heterocycles. The Morgan fingerprint density at radius 2 is 1.83 bits per heavy atom. The summed E-state index contributed by atoms with van der Waals surface area (Å²) in [5.74, 6) is 0.793. The maximum absolute atomic E-state index is 4.36. The highest BCUT2D eigenvalue weighted by Gasteiger charge is 2.34. The van der Waals surface area contributed by atoms with E-state index in [9.17, 15) is 0 Å². The van der Waals surface area contributed by atoms with E-state index in [2.05, 4.69) is 70.4 Å². The summed E-state index contributed by atoms with van der Waals surface area (Å²) in [6.45, 7) is 8.03. The average Bonchev–Trinajstić information content (AvgIpc) is 3.14. The smallest absolute Gasteiger partial charge is 0.0648 e. The molecule has 1 aromatic heterocycles. The standard InChI is InChI=1S/C25H30N4/c1-20-14-24(29-13-5-12-26-29)11-9-23(20)18-27-15-22-8-10-25(19-27)28(17-22)16-21-6-3-2-4-7-21/h2-7,9,11-14,22,25H,8,10,15-19H2,1H3/t22-,25+/m0/s1. The lowest BCUT2D eigenvalue weighted by atomic mass is 9.94. The predicted molar refractivity (Wildman–Crippen MR) is 117 cm³/mol. The number of hydrogen-bond donors (Lipinski definition) is 0. The van der Waals surface area contributed by atoms with Crippen LogP contribution in [-0.2, 0) is 13.1 Å². The van der Waals surface area contributed by atoms with Gasteiger partial charge in [-0.1, -0.05) is 36.4 Å². The SMILES string of the molecule is Cc1cc(-n2cccn2)ccc1CN1C[C@@H]2CC[C@H](C1)N(Cc1ccccc1)C2. The van der Waals surface area contributed by atoms with Crippen LogP contribution in [0, 0.1) is 12.8 Å². The average molecular weight is 387 g/mol. The van der Waals surface area contributed by atoms with E-state index in [0.29, 0.717) is 6.04 Å². The molecule has 0 saturated carbocycles. The minimum Gasteiger partial charge on any atom is -0.297 e. The van der Waals surface area contributed by atoms with Crippen molar-refractivity contribution in [1.82, 2.24) is 19.6 Å². The van der Waals surface area contributed by atoms with Gasteiger partial charge in [0.1, 0.15) is 0 Å². The molecule has 0 unspecified atom stereocenters. The molecule has 3 fully saturated rings. The molecular formula is C25H30N4. The Kier molecular flexibility index (Phi) is 5.21. The van der Waals surface area contributed by atoms with Gasteiger partial charge in [0.25, 0.3) is 0 Å². The summed E-state index contributed by atoms with van der Waals surface area (Å²) in [5.41, 5.74) is 5.38. The number of benzene rings is 2. The third kappa shape index (κ3) is 4.14. The molecule has 0 N–H and O–H groups in total. The van der Waals surface area contributed by atoms with Crippen molar-refractivity contribution in [3.8, 4) is 5.69 Å². The van der Waals surface area contributed by atoms with Crippen LogP contribution >= 0.6 is 0 Å². The highest BCUT2D eigenvalue weighted by atomic mass is 15.3. The van der Waals surface area contributed by atoms with E-state index < -0.39 is 0 Å². The summed E-state index contributed by atoms with van der Waals surface area (Å²) < 4.78 is 1.93. The van der Waals surface area contributed by atoms with Crippen LogP contribution in [0.25, 0.3) is 5.69 Å². The van der Waals surface area contributed by atoms with E-state index in [-0.39, 0.29) is 0 Å². The van der Waals surface area contributed by atoms with E-state index in [4.69, 9.17) is 0 Å². The molecule has 3 saturated heterocycles. The molecule has 29 heavy (non-hydrogen) atoms. The number of piperidine rings is 1. The molecule has 2 bridgehead atoms. The first-order valence-electron chi connectivity index (χ1n) is 10.8. The van der Waals surface area contributed by atoms with Crippen LogP contribution in [-0.4, -0.2) is 45.3 Å². The monoisotopic (exact) mass is 386 g/mol. The molecule has 2 atom stereocenters. The maximum Gasteiger partial charge on any atom is 0.0648 e. The van der Waals surface area contributed by atoms with Gasteiger partial charge < -0.3 is 0 Å². The van der Waals surface area contributed by atoms with Gasteiger partial charge in [0.15, 0.2) is 0 Å². The van der Waals surface area contributed by atoms with Crippen LogP contribution in [0.1, 0.15) is 29.5 Å². The van der Waals surface area contributed by atoms with Gasteiger partial charge in [0.2, 0.25) is 0 Å². The first kappa shape index (κ1) is 18.6. The van der Waals surface area contributed by atoms with Crippen LogP contribution in [0.3, 0.4) is 0 Å². The molecule has 4 heteroatoms. The lowest BCUT2D eigenvalue weighted by molar-refractivity contribution is 0.123. The Bertz CT molecular complexity index is 935. The third-order valence-electron chi connectivity index (χ3n) is 6.62. The van der Waals surface area contributed by atoms with Crippen LogP contribution in [0.2, 0.25) is 0 Å². The zero-order valence-electron chi connectivity index (χ0n) is 17.2. The number of rotatable bonds is 5. The Morgan fingerprint density at radius 3 is 2.62 bits per heavy atom. The van der Waals surface area contributed by atoms with Gasteiger partial charge in [-0.25, -0.2) is 4.68 Å². The second-order valence-corrected chi connectivity index (χ2v) is 8.77. The number of aryl methyl sites for hydroxylation is 1. The number of aromatic nitrogens is 2. The van der Waals surface area contributed by atoms with Gasteiger partial charge in [-0.3, -0.25) is 9.80 Å². The minimum absolute atomic E-state index is 0.678. The van der Waals surface area contributed by atoms with Crippen molar-refractivity contribution in [2.24, 2.45) is 5.92 Å². The molecule has 4 nitrogen and oxygen atoms in total. The molecule has 3 aliphatic rings. The van der Waals surface area contributed by atoms with E-state index in [1.807, 2.05) is 23.1 Å². The van der Waals surface area contributed by atoms with Gasteiger partial charge in [-0.2, -0.15) is 5.10 Å². The summed E-state index contributed by atoms with van der Waals surface area (Å²) in [7, 11) is 0. The first-order valence-corrected chi connectivity index (χ1v) is 10.8. The van der Waals surface area contributed by atoms with Crippen LogP contribution in [0.4, 0.5) is 0 Å². The summed E-state index contributed by atoms with van der Waals surface area (Å²) in [6, 6.07) is 20.4. The second-order valence-electron chi connectivity index (χ2n) is 8.77. The second kappa shape index (κ2) is 8.13. The Morgan fingerprint density at radius 1 is 0.931 bits per heavy atom. The van der Waals surface area contributed by atoms with Crippen molar-refractivity contribution in [3.05, 3.63) is 83.7 Å². The minimum atomic E-state index is 0.678. The zero-order chi connectivity index (χ0) is 19.6. The molecule has 0 aliphatic carbocycles. The molecule has 3 aliphatic heterocycles. The summed E-state index contributed by atoms with van der Waals surface area (Å²) >= 11 is 0. The summed E-state index contributed by atoms with van der Waals surface area (Å²) in [5, 5.41) is 4.36. The molecule has 6 rings (SSSR count). The van der Waals surface area contributed by atoms with E-state index >= 15 is 0 Å². The molecule has 150 valence electrons. The number of hydrogen-bond acceptors (Lipinski definition) is 3. The van der Waals surface area contributed by atoms with E-state index in [0.717, 1.165) is 24.7 Å². The summed E-state index contributed by atoms with van der Waals surface area (Å²) in [6.07, 6.45) is 6.55. The molecule has 0 amide bonds. The molecule has 0 spiro atoms. The number of fused-ring (bicyclic) bond motifs is 4. The Labute approximate surface area is 173 Å². The van der Waals surface area contributed by atoms with Crippen molar-refractivity contribution in [1.29, 1.82) is 0 Å². The van der Waals surface area contributed by atoms with Crippen molar-refractivity contribution < 1.29 is 0 Å². The highest BCUT2D eigenvalue weighted by molar-refractivity contribution is 5.39. The van der Waals surface area contributed by atoms with Crippen molar-refractivity contribution in [3.63, 3.8) is 0 Å². The Balaban J connectivity index is 1.28. The normalized spacial score (nSPS) is 22.7. The van der Waals surface area contributed by atoms with E-state index in [1.165, 1.54) is 49.2 Å². The topological polar surface area (TPSA) is 24.3 Å². The number of nitrogens with zero attached hydrogens (tertiary/aromatic N) is 4. The Hall–Kier alpha value is -2.43. The van der Waals surface area contributed by atoms with Crippen molar-refractivity contribution >= 4 is 0 Å². The van der Waals surface area contributed by atoms with Crippen molar-refractivity contribution in [2.45, 2.75) is 38.9 Å². The zero-order valence-corrected chi connectivity index (χ0v) is 17.2. The fraction of sp³-hybridized carbons (Fsp3) is 0.400. The van der Waals surface area contributed by atoms with Gasteiger partial charge in [-0.15, -0.1) is 0 Å². The van der Waals surface area contributed by atoms with Gasteiger partial charge in [0, 0.05) is 51.2 Å². The largest absolute Gasteiger partial charge is 0.297 e. The lowest BCUT2D eigenvalue weighted by Gasteiger charge is -2.36. The molecular weight excluding hydrogens is 356 g/mol. The van der Waals surface area contributed by atoms with Gasteiger partial charge in [0.05, 0.1) is 5.69 Å². The fourth-order valence-electron chi connectivity index (χ4n) is 5.08. The van der Waals surface area contributed by atoms with Crippen molar-refractivity contribution in [2.75, 3.05) is 19.6 Å². The maximum atomic E-state index is 4.36. The predicted octanol–water partition coefficient (Wildman–Crippen LogP) is 4.28. The molecule has 3 aromatic rings. The molecule has 2 aromatic carbocycles. The first-order chi connectivity index (χ1) is 14.2. The van der Waals surface area contributed by atoms with E-state index in [1.54, 1.807) is 0 Å². The summed E-state index contributed by atoms with van der Waals surface area (Å²) in [4.78, 5) is 5.43. The fourth-order valence-corrected chi connectivity index (χ4v) is 5.08. The molecule has 0 radical (unpaired) electrons. The van der Waals surface area contributed by atoms with Gasteiger partial charge in [-0.05, 0) is 60.6 Å². The van der Waals surface area contributed by atoms with Crippen LogP contribution in [0.5, 0.6) is 0 Å². The van der Waals surface area contributed by atoms with Crippen LogP contribution in [0.15, 0.2) is 67.0 Å². The third-order valence-corrected chi connectivity index (χ3v) is 6.62. The quantitative estimate of drug-likeness (QED) is 0.654. The lowest BCUT2D eigenvalue weighted by Crippen LogP contribution is -2.43. The highest BCUT2D eigenvalue weighted by Crippen LogP contribution is 2.30.